The van der Waals surface area contributed by atoms with E-state index in [-0.39, 0.29) is 5.91 Å². The van der Waals surface area contributed by atoms with E-state index in [2.05, 4.69) is 27.5 Å². The summed E-state index contributed by atoms with van der Waals surface area (Å²) in [6.07, 6.45) is 1.54. The molecule has 1 aliphatic rings. The van der Waals surface area contributed by atoms with Gasteiger partial charge < -0.3 is 15.5 Å². The number of nitrogens with zero attached hydrogens (tertiary/aromatic N) is 3. The molecule has 0 saturated carbocycles. The predicted octanol–water partition coefficient (Wildman–Crippen LogP) is 2.79. The molecule has 7 heteroatoms. The molecule has 0 aliphatic carbocycles. The predicted molar refractivity (Wildman–Crippen MR) is 101 cm³/mol. The minimum atomic E-state index is 0.0748. The van der Waals surface area contributed by atoms with E-state index in [4.69, 9.17) is 0 Å². The summed E-state index contributed by atoms with van der Waals surface area (Å²) >= 11 is 1.42. The van der Waals surface area contributed by atoms with Crippen molar-refractivity contribution < 1.29 is 4.79 Å². The molecule has 6 nitrogen and oxygen atoms in total. The van der Waals surface area contributed by atoms with Gasteiger partial charge in [0.1, 0.15) is 17.0 Å². The molecular formula is C18H19N5OS. The number of hydrogen-bond donors (Lipinski definition) is 2. The van der Waals surface area contributed by atoms with Crippen LogP contribution in [0.15, 0.2) is 36.7 Å². The summed E-state index contributed by atoms with van der Waals surface area (Å²) in [5, 5.41) is 7.47. The zero-order valence-corrected chi connectivity index (χ0v) is 14.8. The summed E-state index contributed by atoms with van der Waals surface area (Å²) < 4.78 is 0. The molecule has 1 aliphatic heterocycles. The normalized spacial score (nSPS) is 14.7. The van der Waals surface area contributed by atoms with Gasteiger partial charge in [-0.25, -0.2) is 9.97 Å². The minimum Gasteiger partial charge on any atom is -0.340 e. The molecule has 1 amide bonds. The zero-order valence-electron chi connectivity index (χ0n) is 14.0. The van der Waals surface area contributed by atoms with Crippen LogP contribution in [0, 0.1) is 6.92 Å². The van der Waals surface area contributed by atoms with Crippen LogP contribution >= 0.6 is 11.3 Å². The van der Waals surface area contributed by atoms with Crippen molar-refractivity contribution in [3.05, 3.63) is 47.1 Å². The third-order valence-electron chi connectivity index (χ3n) is 4.26. The average molecular weight is 353 g/mol. The van der Waals surface area contributed by atoms with Crippen LogP contribution in [-0.2, 0) is 0 Å². The van der Waals surface area contributed by atoms with Crippen molar-refractivity contribution in [1.29, 1.82) is 0 Å². The van der Waals surface area contributed by atoms with Gasteiger partial charge in [0.2, 0.25) is 0 Å². The quantitative estimate of drug-likeness (QED) is 0.758. The van der Waals surface area contributed by atoms with E-state index in [9.17, 15) is 4.79 Å². The molecule has 3 heterocycles. The Hall–Kier alpha value is -2.51. The lowest BCUT2D eigenvalue weighted by Crippen LogP contribution is -2.46. The first-order chi connectivity index (χ1) is 12.2. The van der Waals surface area contributed by atoms with Crippen molar-refractivity contribution in [3.63, 3.8) is 0 Å². The van der Waals surface area contributed by atoms with Crippen LogP contribution in [0.5, 0.6) is 0 Å². The fourth-order valence-electron chi connectivity index (χ4n) is 2.86. The number of thiophene rings is 1. The van der Waals surface area contributed by atoms with Crippen molar-refractivity contribution in [2.75, 3.05) is 31.5 Å². The molecule has 0 radical (unpaired) electrons. The van der Waals surface area contributed by atoms with E-state index < -0.39 is 0 Å². The van der Waals surface area contributed by atoms with Gasteiger partial charge in [-0.3, -0.25) is 4.79 Å². The number of rotatable bonds is 3. The summed E-state index contributed by atoms with van der Waals surface area (Å²) in [6, 6.07) is 10.0. The highest BCUT2D eigenvalue weighted by molar-refractivity contribution is 7.20. The SMILES string of the molecule is Cc1ccc(Nc2ncnc3sc(C(=O)N4CCNCC4)cc23)cc1. The summed E-state index contributed by atoms with van der Waals surface area (Å²) in [5.41, 5.74) is 2.17. The third kappa shape index (κ3) is 3.33. The van der Waals surface area contributed by atoms with Crippen molar-refractivity contribution in [1.82, 2.24) is 20.2 Å². The van der Waals surface area contributed by atoms with Crippen LogP contribution in [-0.4, -0.2) is 47.0 Å². The first-order valence-corrected chi connectivity index (χ1v) is 9.10. The van der Waals surface area contributed by atoms with Gasteiger partial charge in [0.25, 0.3) is 5.91 Å². The van der Waals surface area contributed by atoms with E-state index in [1.165, 1.54) is 23.2 Å². The van der Waals surface area contributed by atoms with E-state index >= 15 is 0 Å². The molecule has 1 fully saturated rings. The highest BCUT2D eigenvalue weighted by Crippen LogP contribution is 2.30. The number of nitrogens with one attached hydrogen (secondary N) is 2. The van der Waals surface area contributed by atoms with Crippen molar-refractivity contribution >= 4 is 39.0 Å². The maximum Gasteiger partial charge on any atom is 0.264 e. The van der Waals surface area contributed by atoms with E-state index in [1.54, 1.807) is 0 Å². The molecule has 25 heavy (non-hydrogen) atoms. The second-order valence-electron chi connectivity index (χ2n) is 6.08. The Morgan fingerprint density at radius 1 is 1.20 bits per heavy atom. The molecule has 4 rings (SSSR count). The minimum absolute atomic E-state index is 0.0748. The lowest BCUT2D eigenvalue weighted by Gasteiger charge is -2.26. The second-order valence-corrected chi connectivity index (χ2v) is 7.12. The molecular weight excluding hydrogens is 334 g/mol. The average Bonchev–Trinajstić information content (AvgIpc) is 3.09. The Labute approximate surface area is 149 Å². The number of carbonyl (C=O) groups excluding carboxylic acids is 1. The number of hydrogen-bond acceptors (Lipinski definition) is 6. The first-order valence-electron chi connectivity index (χ1n) is 8.29. The van der Waals surface area contributed by atoms with Crippen LogP contribution in [0.1, 0.15) is 15.2 Å². The summed E-state index contributed by atoms with van der Waals surface area (Å²) in [6.45, 7) is 5.23. The van der Waals surface area contributed by atoms with Crippen molar-refractivity contribution in [2.45, 2.75) is 6.92 Å². The number of fused-ring (bicyclic) bond motifs is 1. The third-order valence-corrected chi connectivity index (χ3v) is 5.29. The fourth-order valence-corrected chi connectivity index (χ4v) is 3.82. The van der Waals surface area contributed by atoms with Crippen molar-refractivity contribution in [2.24, 2.45) is 0 Å². The smallest absolute Gasteiger partial charge is 0.264 e. The van der Waals surface area contributed by atoms with Gasteiger partial charge in [0, 0.05) is 31.9 Å². The Morgan fingerprint density at radius 3 is 2.72 bits per heavy atom. The molecule has 0 spiro atoms. The Morgan fingerprint density at radius 2 is 1.96 bits per heavy atom. The number of amides is 1. The molecule has 2 aromatic heterocycles. The lowest BCUT2D eigenvalue weighted by atomic mass is 10.2. The molecule has 0 atom stereocenters. The Kier molecular flexibility index (Phi) is 4.33. The molecule has 128 valence electrons. The Balaban J connectivity index is 1.64. The summed E-state index contributed by atoms with van der Waals surface area (Å²) in [5.74, 6) is 0.801. The van der Waals surface area contributed by atoms with Crippen LogP contribution < -0.4 is 10.6 Å². The van der Waals surface area contributed by atoms with E-state index in [0.717, 1.165) is 47.9 Å². The molecule has 1 aromatic carbocycles. The number of aryl methyl sites for hydroxylation is 1. The largest absolute Gasteiger partial charge is 0.340 e. The van der Waals surface area contributed by atoms with Gasteiger partial charge in [-0.15, -0.1) is 11.3 Å². The van der Waals surface area contributed by atoms with Gasteiger partial charge in [-0.2, -0.15) is 0 Å². The van der Waals surface area contributed by atoms with E-state index in [0.29, 0.717) is 4.88 Å². The number of carbonyl (C=O) groups is 1. The van der Waals surface area contributed by atoms with Crippen LogP contribution in [0.2, 0.25) is 0 Å². The molecule has 3 aromatic rings. The van der Waals surface area contributed by atoms with Crippen LogP contribution in [0.25, 0.3) is 10.2 Å². The molecule has 0 bridgehead atoms. The number of aromatic nitrogens is 2. The highest BCUT2D eigenvalue weighted by atomic mass is 32.1. The lowest BCUT2D eigenvalue weighted by molar-refractivity contribution is 0.0741. The number of piperazine rings is 1. The van der Waals surface area contributed by atoms with Gasteiger partial charge in [-0.05, 0) is 25.1 Å². The second kappa shape index (κ2) is 6.78. The monoisotopic (exact) mass is 353 g/mol. The van der Waals surface area contributed by atoms with Crippen LogP contribution in [0.4, 0.5) is 11.5 Å². The number of benzene rings is 1. The van der Waals surface area contributed by atoms with E-state index in [1.807, 2.05) is 35.2 Å². The standard InChI is InChI=1S/C18H19N5OS/c1-12-2-4-13(5-3-12)22-16-14-10-15(25-17(14)21-11-20-16)18(24)23-8-6-19-7-9-23/h2-5,10-11,19H,6-9H2,1H3,(H,20,21,22). The molecule has 2 N–H and O–H groups in total. The fraction of sp³-hybridized carbons (Fsp3) is 0.278. The molecule has 1 saturated heterocycles. The maximum atomic E-state index is 12.7. The van der Waals surface area contributed by atoms with Gasteiger partial charge in [0.15, 0.2) is 0 Å². The van der Waals surface area contributed by atoms with Crippen LogP contribution in [0.3, 0.4) is 0 Å². The topological polar surface area (TPSA) is 70.2 Å². The first kappa shape index (κ1) is 16.0. The Bertz CT molecular complexity index is 899. The van der Waals surface area contributed by atoms with Gasteiger partial charge >= 0.3 is 0 Å². The van der Waals surface area contributed by atoms with Gasteiger partial charge in [0.05, 0.1) is 10.3 Å². The number of anilines is 2. The summed E-state index contributed by atoms with van der Waals surface area (Å²) in [7, 11) is 0. The summed E-state index contributed by atoms with van der Waals surface area (Å²) in [4.78, 5) is 24.8. The molecule has 0 unspecified atom stereocenters. The maximum absolute atomic E-state index is 12.7. The highest BCUT2D eigenvalue weighted by Gasteiger charge is 2.21. The zero-order chi connectivity index (χ0) is 17.2. The van der Waals surface area contributed by atoms with Gasteiger partial charge in [-0.1, -0.05) is 17.7 Å². The van der Waals surface area contributed by atoms with Crippen molar-refractivity contribution in [3.8, 4) is 0 Å².